The summed E-state index contributed by atoms with van der Waals surface area (Å²) < 4.78 is 5.37. The minimum Gasteiger partial charge on any atom is -0.444 e. The average Bonchev–Trinajstić information content (AvgIpc) is 2.86. The molecule has 22 heavy (non-hydrogen) atoms. The number of nitrogens with zero attached hydrogens (tertiary/aromatic N) is 2. The Morgan fingerprint density at radius 1 is 1.41 bits per heavy atom. The summed E-state index contributed by atoms with van der Waals surface area (Å²) in [5.74, 6) is 6.05. The Kier molecular flexibility index (Phi) is 4.87. The van der Waals surface area contributed by atoms with E-state index in [1.807, 2.05) is 52.0 Å². The summed E-state index contributed by atoms with van der Waals surface area (Å²) in [7, 11) is 0. The molecule has 1 aliphatic rings. The van der Waals surface area contributed by atoms with Crippen molar-refractivity contribution in [1.82, 2.24) is 9.88 Å². The molecule has 0 radical (unpaired) electrons. The van der Waals surface area contributed by atoms with E-state index in [1.54, 1.807) is 4.90 Å². The Bertz CT molecular complexity index is 645. The van der Waals surface area contributed by atoms with Gasteiger partial charge in [-0.3, -0.25) is 0 Å². The molecule has 0 spiro atoms. The van der Waals surface area contributed by atoms with Crippen molar-refractivity contribution in [2.24, 2.45) is 0 Å². The first-order chi connectivity index (χ1) is 10.3. The van der Waals surface area contributed by atoms with Gasteiger partial charge in [-0.05, 0) is 63.8 Å². The number of rotatable bonds is 0. The molecule has 1 fully saturated rings. The highest BCUT2D eigenvalue weighted by Gasteiger charge is 2.26. The zero-order valence-corrected chi connectivity index (χ0v) is 13.6. The van der Waals surface area contributed by atoms with Crippen LogP contribution in [0.25, 0.3) is 0 Å². The van der Waals surface area contributed by atoms with E-state index in [1.165, 1.54) is 0 Å². The van der Waals surface area contributed by atoms with Gasteiger partial charge in [0.05, 0.1) is 0 Å². The number of aromatic nitrogens is 1. The maximum Gasteiger partial charge on any atom is 0.410 e. The summed E-state index contributed by atoms with van der Waals surface area (Å²) in [6.45, 7) is 8.84. The Morgan fingerprint density at radius 2 is 2.18 bits per heavy atom. The molecule has 2 rings (SSSR count). The van der Waals surface area contributed by atoms with Gasteiger partial charge in [0.1, 0.15) is 11.3 Å². The molecule has 0 N–H and O–H groups in total. The van der Waals surface area contributed by atoms with Crippen molar-refractivity contribution in [3.05, 3.63) is 41.2 Å². The van der Waals surface area contributed by atoms with Crippen molar-refractivity contribution in [1.29, 1.82) is 0 Å². The van der Waals surface area contributed by atoms with Crippen molar-refractivity contribution in [3.63, 3.8) is 0 Å². The molecule has 1 aromatic rings. The largest absolute Gasteiger partial charge is 0.444 e. The fourth-order valence-electron chi connectivity index (χ4n) is 2.11. The second-order valence-electron chi connectivity index (χ2n) is 6.39. The van der Waals surface area contributed by atoms with E-state index < -0.39 is 5.60 Å². The first kappa shape index (κ1) is 16.1. The molecule has 1 saturated heterocycles. The Morgan fingerprint density at radius 3 is 2.86 bits per heavy atom. The SMILES string of the molecule is Cc1cccc(C#CC=C2CCN(C(=O)OC(C)(C)C)C2)n1. The van der Waals surface area contributed by atoms with Crippen LogP contribution >= 0.6 is 0 Å². The molecule has 0 bridgehead atoms. The minimum atomic E-state index is -0.458. The molecule has 1 aromatic heterocycles. The monoisotopic (exact) mass is 298 g/mol. The number of allylic oxidation sites excluding steroid dienone is 1. The number of ether oxygens (including phenoxy) is 1. The number of pyridine rings is 1. The van der Waals surface area contributed by atoms with Crippen LogP contribution in [0.3, 0.4) is 0 Å². The van der Waals surface area contributed by atoms with Crippen molar-refractivity contribution in [2.45, 2.75) is 39.7 Å². The Labute approximate surface area is 132 Å². The second-order valence-corrected chi connectivity index (χ2v) is 6.39. The molecule has 4 heteroatoms. The van der Waals surface area contributed by atoms with Crippen LogP contribution in [-0.2, 0) is 4.74 Å². The molecule has 4 nitrogen and oxygen atoms in total. The summed E-state index contributed by atoms with van der Waals surface area (Å²) in [5, 5.41) is 0. The van der Waals surface area contributed by atoms with Gasteiger partial charge in [-0.15, -0.1) is 0 Å². The molecule has 0 aromatic carbocycles. The van der Waals surface area contributed by atoms with Gasteiger partial charge in [0, 0.05) is 18.8 Å². The zero-order chi connectivity index (χ0) is 16.2. The maximum atomic E-state index is 12.0. The van der Waals surface area contributed by atoms with Crippen molar-refractivity contribution >= 4 is 6.09 Å². The first-order valence-corrected chi connectivity index (χ1v) is 7.44. The Balaban J connectivity index is 1.95. The average molecular weight is 298 g/mol. The minimum absolute atomic E-state index is 0.260. The lowest BCUT2D eigenvalue weighted by molar-refractivity contribution is 0.0299. The lowest BCUT2D eigenvalue weighted by Gasteiger charge is -2.23. The van der Waals surface area contributed by atoms with Gasteiger partial charge in [0.2, 0.25) is 0 Å². The van der Waals surface area contributed by atoms with Crippen LogP contribution < -0.4 is 0 Å². The standard InChI is InChI=1S/C18H22N2O2/c1-14-7-5-9-16(19-14)10-6-8-15-11-12-20(13-15)17(21)22-18(2,3)4/h5,7-9H,11-13H2,1-4H3. The van der Waals surface area contributed by atoms with Crippen LogP contribution in [0.2, 0.25) is 0 Å². The number of carbonyl (C=O) groups is 1. The van der Waals surface area contributed by atoms with Crippen LogP contribution in [0.5, 0.6) is 0 Å². The van der Waals surface area contributed by atoms with Gasteiger partial charge in [0.15, 0.2) is 0 Å². The number of likely N-dealkylation sites (tertiary alicyclic amines) is 1. The normalized spacial score (nSPS) is 16.4. The third-order valence-corrected chi connectivity index (χ3v) is 3.11. The van der Waals surface area contributed by atoms with E-state index in [4.69, 9.17) is 4.74 Å². The maximum absolute atomic E-state index is 12.0. The second kappa shape index (κ2) is 6.65. The van der Waals surface area contributed by atoms with Gasteiger partial charge in [-0.25, -0.2) is 9.78 Å². The van der Waals surface area contributed by atoms with E-state index in [0.29, 0.717) is 13.1 Å². The van der Waals surface area contributed by atoms with Crippen molar-refractivity contribution in [3.8, 4) is 11.8 Å². The van der Waals surface area contributed by atoms with Gasteiger partial charge in [0.25, 0.3) is 0 Å². The predicted molar refractivity (Wildman–Crippen MR) is 86.4 cm³/mol. The molecular formula is C18H22N2O2. The summed E-state index contributed by atoms with van der Waals surface area (Å²) in [6, 6.07) is 5.78. The van der Waals surface area contributed by atoms with Crippen LogP contribution in [0.4, 0.5) is 4.79 Å². The number of hydrogen-bond donors (Lipinski definition) is 0. The molecule has 1 amide bonds. The van der Waals surface area contributed by atoms with E-state index in [2.05, 4.69) is 16.8 Å². The van der Waals surface area contributed by atoms with Gasteiger partial charge >= 0.3 is 6.09 Å². The van der Waals surface area contributed by atoms with E-state index in [9.17, 15) is 4.79 Å². The fraction of sp³-hybridized carbons (Fsp3) is 0.444. The quantitative estimate of drug-likeness (QED) is 0.690. The number of carbonyl (C=O) groups excluding carboxylic acids is 1. The smallest absolute Gasteiger partial charge is 0.410 e. The molecular weight excluding hydrogens is 276 g/mol. The third-order valence-electron chi connectivity index (χ3n) is 3.11. The summed E-state index contributed by atoms with van der Waals surface area (Å²) in [4.78, 5) is 18.0. The van der Waals surface area contributed by atoms with E-state index in [0.717, 1.165) is 23.4 Å². The predicted octanol–water partition coefficient (Wildman–Crippen LogP) is 3.31. The summed E-state index contributed by atoms with van der Waals surface area (Å²) in [6.07, 6.45) is 2.47. The van der Waals surface area contributed by atoms with E-state index in [-0.39, 0.29) is 6.09 Å². The molecule has 1 aliphatic heterocycles. The van der Waals surface area contributed by atoms with Gasteiger partial charge < -0.3 is 9.64 Å². The topological polar surface area (TPSA) is 42.4 Å². The lowest BCUT2D eigenvalue weighted by Crippen LogP contribution is -2.34. The third kappa shape index (κ3) is 4.92. The molecule has 0 unspecified atom stereocenters. The summed E-state index contributed by atoms with van der Waals surface area (Å²) >= 11 is 0. The van der Waals surface area contributed by atoms with Crippen LogP contribution in [0, 0.1) is 18.8 Å². The number of aryl methyl sites for hydroxylation is 1. The van der Waals surface area contributed by atoms with Crippen LogP contribution in [-0.4, -0.2) is 34.7 Å². The zero-order valence-electron chi connectivity index (χ0n) is 13.6. The highest BCUT2D eigenvalue weighted by Crippen LogP contribution is 2.18. The molecule has 0 atom stereocenters. The van der Waals surface area contributed by atoms with Gasteiger partial charge in [-0.1, -0.05) is 12.0 Å². The fourth-order valence-corrected chi connectivity index (χ4v) is 2.11. The van der Waals surface area contributed by atoms with Gasteiger partial charge in [-0.2, -0.15) is 0 Å². The van der Waals surface area contributed by atoms with Crippen molar-refractivity contribution < 1.29 is 9.53 Å². The molecule has 2 heterocycles. The molecule has 0 aliphatic carbocycles. The highest BCUT2D eigenvalue weighted by molar-refractivity contribution is 5.69. The van der Waals surface area contributed by atoms with E-state index >= 15 is 0 Å². The van der Waals surface area contributed by atoms with Crippen LogP contribution in [0.15, 0.2) is 29.8 Å². The number of amides is 1. The van der Waals surface area contributed by atoms with Crippen LogP contribution in [0.1, 0.15) is 38.6 Å². The highest BCUT2D eigenvalue weighted by atomic mass is 16.6. The first-order valence-electron chi connectivity index (χ1n) is 7.44. The number of hydrogen-bond acceptors (Lipinski definition) is 3. The molecule has 0 saturated carbocycles. The van der Waals surface area contributed by atoms with Crippen molar-refractivity contribution in [2.75, 3.05) is 13.1 Å². The lowest BCUT2D eigenvalue weighted by atomic mass is 10.2. The Hall–Kier alpha value is -2.28. The summed E-state index contributed by atoms with van der Waals surface area (Å²) in [5.41, 5.74) is 2.40. The molecule has 116 valence electrons.